The average Bonchev–Trinajstić information content (AvgIpc) is 3.13. The summed E-state index contributed by atoms with van der Waals surface area (Å²) in [5, 5.41) is 2.38. The quantitative estimate of drug-likeness (QED) is 0.381. The molecule has 1 aliphatic carbocycles. The van der Waals surface area contributed by atoms with Crippen LogP contribution in [0, 0.1) is 0 Å². The lowest BCUT2D eigenvalue weighted by Gasteiger charge is -2.14. The second-order valence-electron chi connectivity index (χ2n) is 7.91. The van der Waals surface area contributed by atoms with E-state index in [-0.39, 0.29) is 19.1 Å². The fourth-order valence-electron chi connectivity index (χ4n) is 4.11. The van der Waals surface area contributed by atoms with Gasteiger partial charge in [-0.25, -0.2) is 4.79 Å². The number of rotatable bonds is 5. The summed E-state index contributed by atoms with van der Waals surface area (Å²) in [6.07, 6.45) is -8.39. The molecule has 0 heterocycles. The summed E-state index contributed by atoms with van der Waals surface area (Å²) < 4.78 is 83.6. The van der Waals surface area contributed by atoms with Crippen molar-refractivity contribution in [3.63, 3.8) is 0 Å². The van der Waals surface area contributed by atoms with Crippen LogP contribution in [0.25, 0.3) is 17.2 Å². The predicted octanol–water partition coefficient (Wildman–Crippen LogP) is 7.28. The van der Waals surface area contributed by atoms with Crippen molar-refractivity contribution in [3.8, 4) is 11.1 Å². The molecule has 0 saturated carbocycles. The van der Waals surface area contributed by atoms with E-state index in [0.717, 1.165) is 34.4 Å². The Hall–Kier alpha value is -3.75. The first-order valence-corrected chi connectivity index (χ1v) is 10.6. The van der Waals surface area contributed by atoms with Crippen LogP contribution in [0.1, 0.15) is 33.7 Å². The number of alkyl carbamates (subject to hydrolysis) is 1. The molecule has 0 bridgehead atoms. The summed E-state index contributed by atoms with van der Waals surface area (Å²) >= 11 is 0. The first kappa shape index (κ1) is 24.4. The van der Waals surface area contributed by atoms with Crippen LogP contribution in [0.5, 0.6) is 0 Å². The Bertz CT molecular complexity index is 1220. The van der Waals surface area contributed by atoms with E-state index in [0.29, 0.717) is 18.2 Å². The van der Waals surface area contributed by atoms with Gasteiger partial charge in [-0.3, -0.25) is 0 Å². The highest BCUT2D eigenvalue weighted by atomic mass is 19.4. The molecule has 1 amide bonds. The van der Waals surface area contributed by atoms with E-state index < -0.39 is 35.1 Å². The molecule has 0 radical (unpaired) electrons. The Morgan fingerprint density at radius 1 is 0.857 bits per heavy atom. The Morgan fingerprint density at radius 2 is 1.46 bits per heavy atom. The van der Waals surface area contributed by atoms with Crippen molar-refractivity contribution < 1.29 is 35.9 Å². The van der Waals surface area contributed by atoms with Crippen molar-refractivity contribution in [2.75, 3.05) is 13.2 Å². The predicted molar refractivity (Wildman–Crippen MR) is 119 cm³/mol. The molecule has 3 aromatic rings. The van der Waals surface area contributed by atoms with Gasteiger partial charge in [0.15, 0.2) is 0 Å². The normalized spacial score (nSPS) is 13.5. The Kier molecular flexibility index (Phi) is 6.60. The summed E-state index contributed by atoms with van der Waals surface area (Å²) in [4.78, 5) is 12.2. The smallest absolute Gasteiger partial charge is 0.416 e. The molecule has 0 spiro atoms. The van der Waals surface area contributed by atoms with E-state index in [4.69, 9.17) is 4.74 Å². The van der Waals surface area contributed by atoms with E-state index in [1.54, 1.807) is 0 Å². The fraction of sp³-hybridized carbons (Fsp3) is 0.192. The molecular formula is C26H19F6NO2. The molecule has 0 fully saturated rings. The SMILES string of the molecule is O=C(NCC=Cc1cc(C(F)(F)F)ccc1C(F)(F)F)OCC1c2ccccc2-c2ccccc21. The van der Waals surface area contributed by atoms with Gasteiger partial charge < -0.3 is 10.1 Å². The molecule has 35 heavy (non-hydrogen) atoms. The van der Waals surface area contributed by atoms with Gasteiger partial charge in [-0.05, 0) is 46.0 Å². The Labute approximate surface area is 197 Å². The van der Waals surface area contributed by atoms with Crippen LogP contribution < -0.4 is 5.32 Å². The lowest BCUT2D eigenvalue weighted by atomic mass is 9.98. The van der Waals surface area contributed by atoms with Crippen molar-refractivity contribution in [2.45, 2.75) is 18.3 Å². The first-order chi connectivity index (χ1) is 16.6. The number of carbonyl (C=O) groups is 1. The monoisotopic (exact) mass is 491 g/mol. The van der Waals surface area contributed by atoms with Crippen molar-refractivity contribution in [2.24, 2.45) is 0 Å². The molecule has 0 saturated heterocycles. The minimum atomic E-state index is -4.83. The maximum absolute atomic E-state index is 13.2. The molecule has 182 valence electrons. The maximum atomic E-state index is 13.2. The molecule has 0 aliphatic heterocycles. The van der Waals surface area contributed by atoms with E-state index in [2.05, 4.69) is 5.32 Å². The summed E-state index contributed by atoms with van der Waals surface area (Å²) in [5.41, 5.74) is 1.10. The lowest BCUT2D eigenvalue weighted by Crippen LogP contribution is -2.26. The molecular weight excluding hydrogens is 472 g/mol. The van der Waals surface area contributed by atoms with Gasteiger partial charge in [0.05, 0.1) is 11.1 Å². The lowest BCUT2D eigenvalue weighted by molar-refractivity contribution is -0.141. The standard InChI is InChI=1S/C26H19F6NO2/c27-25(28,29)17-11-12-23(26(30,31)32)16(14-17)6-5-13-33-24(34)35-15-22-20-9-3-1-7-18(20)19-8-2-4-10-21(19)22/h1-12,14,22H,13,15H2,(H,33,34). The zero-order chi connectivity index (χ0) is 25.2. The second kappa shape index (κ2) is 9.48. The molecule has 0 atom stereocenters. The van der Waals surface area contributed by atoms with Gasteiger partial charge in [-0.15, -0.1) is 0 Å². The third-order valence-electron chi connectivity index (χ3n) is 5.69. The molecule has 9 heteroatoms. The number of hydrogen-bond donors (Lipinski definition) is 1. The van der Waals surface area contributed by atoms with Crippen molar-refractivity contribution >= 4 is 12.2 Å². The third-order valence-corrected chi connectivity index (χ3v) is 5.69. The topological polar surface area (TPSA) is 38.3 Å². The second-order valence-corrected chi connectivity index (χ2v) is 7.91. The highest BCUT2D eigenvalue weighted by molar-refractivity contribution is 5.79. The summed E-state index contributed by atoms with van der Waals surface area (Å²) in [5.74, 6) is -0.164. The number of alkyl halides is 6. The van der Waals surface area contributed by atoms with E-state index in [1.165, 1.54) is 0 Å². The highest BCUT2D eigenvalue weighted by Gasteiger charge is 2.36. The number of ether oxygens (including phenoxy) is 1. The molecule has 3 aromatic carbocycles. The number of halogens is 6. The first-order valence-electron chi connectivity index (χ1n) is 10.6. The molecule has 0 aromatic heterocycles. The maximum Gasteiger partial charge on any atom is 0.416 e. The zero-order valence-corrected chi connectivity index (χ0v) is 18.1. The van der Waals surface area contributed by atoms with Crippen molar-refractivity contribution in [1.82, 2.24) is 5.32 Å². The summed E-state index contributed by atoms with van der Waals surface area (Å²) in [6.45, 7) is -0.181. The molecule has 3 nitrogen and oxygen atoms in total. The Balaban J connectivity index is 1.39. The largest absolute Gasteiger partial charge is 0.449 e. The number of benzene rings is 3. The van der Waals surface area contributed by atoms with Crippen LogP contribution in [-0.2, 0) is 17.1 Å². The van der Waals surface area contributed by atoms with Gasteiger partial charge in [-0.2, -0.15) is 26.3 Å². The van der Waals surface area contributed by atoms with Gasteiger partial charge in [-0.1, -0.05) is 60.7 Å². The minimum absolute atomic E-state index is 0.0510. The van der Waals surface area contributed by atoms with Crippen molar-refractivity contribution in [1.29, 1.82) is 0 Å². The summed E-state index contributed by atoms with van der Waals surface area (Å²) in [6, 6.07) is 16.7. The summed E-state index contributed by atoms with van der Waals surface area (Å²) in [7, 11) is 0. The molecule has 0 unspecified atom stereocenters. The third kappa shape index (κ3) is 5.34. The number of fused-ring (bicyclic) bond motifs is 3. The average molecular weight is 491 g/mol. The Morgan fingerprint density at radius 3 is 2.03 bits per heavy atom. The van der Waals surface area contributed by atoms with Gasteiger partial charge >= 0.3 is 18.4 Å². The highest BCUT2D eigenvalue weighted by Crippen LogP contribution is 2.44. The van der Waals surface area contributed by atoms with Gasteiger partial charge in [0.25, 0.3) is 0 Å². The van der Waals surface area contributed by atoms with E-state index >= 15 is 0 Å². The zero-order valence-electron chi connectivity index (χ0n) is 18.1. The van der Waals surface area contributed by atoms with E-state index in [1.807, 2.05) is 48.5 Å². The molecule has 1 aliphatic rings. The number of nitrogens with one attached hydrogen (secondary N) is 1. The van der Waals surface area contributed by atoms with Gasteiger partial charge in [0, 0.05) is 12.5 Å². The minimum Gasteiger partial charge on any atom is -0.449 e. The van der Waals surface area contributed by atoms with Crippen LogP contribution in [0.4, 0.5) is 31.1 Å². The number of hydrogen-bond acceptors (Lipinski definition) is 2. The van der Waals surface area contributed by atoms with Crippen LogP contribution in [0.15, 0.2) is 72.8 Å². The van der Waals surface area contributed by atoms with Gasteiger partial charge in [0.2, 0.25) is 0 Å². The van der Waals surface area contributed by atoms with Crippen LogP contribution in [0.3, 0.4) is 0 Å². The van der Waals surface area contributed by atoms with Crippen molar-refractivity contribution in [3.05, 3.63) is 101 Å². The van der Waals surface area contributed by atoms with E-state index in [9.17, 15) is 31.1 Å². The molecule has 4 rings (SSSR count). The van der Waals surface area contributed by atoms with Crippen LogP contribution in [-0.4, -0.2) is 19.2 Å². The number of amides is 1. The number of carbonyl (C=O) groups excluding carboxylic acids is 1. The van der Waals surface area contributed by atoms with Crippen LogP contribution >= 0.6 is 0 Å². The van der Waals surface area contributed by atoms with Crippen LogP contribution in [0.2, 0.25) is 0 Å². The molecule has 1 N–H and O–H groups in total. The van der Waals surface area contributed by atoms with Gasteiger partial charge in [0.1, 0.15) is 6.61 Å². The fourth-order valence-corrected chi connectivity index (χ4v) is 4.11.